The lowest BCUT2D eigenvalue weighted by Crippen LogP contribution is -2.21. The van der Waals surface area contributed by atoms with Crippen LogP contribution in [0.25, 0.3) is 0 Å². The van der Waals surface area contributed by atoms with Gasteiger partial charge in [0.2, 0.25) is 0 Å². The summed E-state index contributed by atoms with van der Waals surface area (Å²) >= 11 is 0. The minimum Gasteiger partial charge on any atom is -0.455 e. The van der Waals surface area contributed by atoms with Gasteiger partial charge in [0.25, 0.3) is 5.91 Å². The van der Waals surface area contributed by atoms with Crippen LogP contribution in [0.5, 0.6) is 0 Å². The summed E-state index contributed by atoms with van der Waals surface area (Å²) in [6, 6.07) is 3.52. The predicted octanol–water partition coefficient (Wildman–Crippen LogP) is 2.10. The fourth-order valence-corrected chi connectivity index (χ4v) is 1.76. The Kier molecular flexibility index (Phi) is 4.35. The molecule has 0 unspecified atom stereocenters. The number of nitrogens with zero attached hydrogens (tertiary/aromatic N) is 2. The zero-order chi connectivity index (χ0) is 13.7. The lowest BCUT2D eigenvalue weighted by atomic mass is 10.3. The van der Waals surface area contributed by atoms with Crippen LogP contribution in [0.15, 0.2) is 28.9 Å². The second-order valence-electron chi connectivity index (χ2n) is 4.17. The number of rotatable bonds is 6. The molecule has 0 saturated carbocycles. The van der Waals surface area contributed by atoms with Crippen molar-refractivity contribution in [1.29, 1.82) is 0 Å². The summed E-state index contributed by atoms with van der Waals surface area (Å²) in [6.07, 6.45) is 3.15. The van der Waals surface area contributed by atoms with Gasteiger partial charge in [0, 0.05) is 6.20 Å². The number of aromatic nitrogens is 2. The molecule has 0 bridgehead atoms. The van der Waals surface area contributed by atoms with Gasteiger partial charge < -0.3 is 9.73 Å². The van der Waals surface area contributed by atoms with Crippen LogP contribution in [0.3, 0.4) is 0 Å². The summed E-state index contributed by atoms with van der Waals surface area (Å²) in [4.78, 5) is 14.1. The van der Waals surface area contributed by atoms with E-state index in [0.29, 0.717) is 18.0 Å². The van der Waals surface area contributed by atoms with Crippen LogP contribution in [0, 0.1) is 0 Å². The molecule has 0 saturated heterocycles. The van der Waals surface area contributed by atoms with E-state index in [-0.39, 0.29) is 5.91 Å². The third-order valence-corrected chi connectivity index (χ3v) is 2.92. The number of carbonyl (C=O) groups excluding carboxylic acids is 1. The van der Waals surface area contributed by atoms with Crippen molar-refractivity contribution in [2.45, 2.75) is 20.4 Å². The Morgan fingerprint density at radius 1 is 1.42 bits per heavy atom. The average Bonchev–Trinajstić information content (AvgIpc) is 3.07. The van der Waals surface area contributed by atoms with Gasteiger partial charge in [-0.1, -0.05) is 13.8 Å². The van der Waals surface area contributed by atoms with Crippen LogP contribution in [-0.4, -0.2) is 34.1 Å². The first-order valence-electron chi connectivity index (χ1n) is 6.34. The van der Waals surface area contributed by atoms with Gasteiger partial charge in [-0.15, -0.1) is 0 Å². The van der Waals surface area contributed by atoms with Crippen LogP contribution in [0.4, 0.5) is 5.69 Å². The molecule has 0 aliphatic rings. The maximum atomic E-state index is 11.9. The SMILES string of the molecule is CCN(CC)Cc1ccc(C(=O)Nc2cn[nH]c2)o1. The minimum absolute atomic E-state index is 0.271. The highest BCUT2D eigenvalue weighted by molar-refractivity contribution is 6.02. The molecule has 0 aromatic carbocycles. The molecule has 2 N–H and O–H groups in total. The van der Waals surface area contributed by atoms with Crippen LogP contribution in [0.2, 0.25) is 0 Å². The molecule has 19 heavy (non-hydrogen) atoms. The maximum absolute atomic E-state index is 11.9. The van der Waals surface area contributed by atoms with Crippen molar-refractivity contribution in [1.82, 2.24) is 15.1 Å². The van der Waals surface area contributed by atoms with E-state index in [0.717, 1.165) is 18.8 Å². The first-order valence-corrected chi connectivity index (χ1v) is 6.34. The maximum Gasteiger partial charge on any atom is 0.291 e. The van der Waals surface area contributed by atoms with Gasteiger partial charge in [0.1, 0.15) is 5.76 Å². The lowest BCUT2D eigenvalue weighted by molar-refractivity contribution is 0.0993. The van der Waals surface area contributed by atoms with Gasteiger partial charge >= 0.3 is 0 Å². The molecule has 0 fully saturated rings. The fraction of sp³-hybridized carbons (Fsp3) is 0.385. The summed E-state index contributed by atoms with van der Waals surface area (Å²) in [5.41, 5.74) is 0.617. The number of nitrogens with one attached hydrogen (secondary N) is 2. The van der Waals surface area contributed by atoms with Crippen LogP contribution in [-0.2, 0) is 6.54 Å². The molecular weight excluding hydrogens is 244 g/mol. The predicted molar refractivity (Wildman–Crippen MR) is 71.9 cm³/mol. The average molecular weight is 262 g/mol. The highest BCUT2D eigenvalue weighted by atomic mass is 16.4. The molecule has 2 aromatic rings. The molecule has 2 heterocycles. The molecule has 2 aromatic heterocycles. The van der Waals surface area contributed by atoms with Crippen LogP contribution in [0.1, 0.15) is 30.2 Å². The summed E-state index contributed by atoms with van der Waals surface area (Å²) in [5, 5.41) is 9.08. The molecule has 0 atom stereocenters. The number of anilines is 1. The quantitative estimate of drug-likeness (QED) is 0.836. The largest absolute Gasteiger partial charge is 0.455 e. The molecular formula is C13H18N4O2. The summed E-state index contributed by atoms with van der Waals surface area (Å²) in [7, 11) is 0. The second-order valence-corrected chi connectivity index (χ2v) is 4.17. The second kappa shape index (κ2) is 6.19. The minimum atomic E-state index is -0.271. The van der Waals surface area contributed by atoms with Gasteiger partial charge in [-0.25, -0.2) is 0 Å². The Morgan fingerprint density at radius 2 is 2.21 bits per heavy atom. The van der Waals surface area contributed by atoms with Crippen LogP contribution >= 0.6 is 0 Å². The number of furan rings is 1. The van der Waals surface area contributed by atoms with E-state index in [2.05, 4.69) is 34.3 Å². The first-order chi connectivity index (χ1) is 9.22. The van der Waals surface area contributed by atoms with Crippen LogP contribution < -0.4 is 5.32 Å². The van der Waals surface area contributed by atoms with Crippen molar-refractivity contribution < 1.29 is 9.21 Å². The molecule has 0 aliphatic carbocycles. The van der Waals surface area contributed by atoms with Crippen molar-refractivity contribution in [2.24, 2.45) is 0 Å². The van der Waals surface area contributed by atoms with Crippen molar-refractivity contribution in [3.63, 3.8) is 0 Å². The number of H-pyrrole nitrogens is 1. The third-order valence-electron chi connectivity index (χ3n) is 2.92. The summed E-state index contributed by atoms with van der Waals surface area (Å²) < 4.78 is 5.54. The van der Waals surface area contributed by atoms with Crippen molar-refractivity contribution in [2.75, 3.05) is 18.4 Å². The van der Waals surface area contributed by atoms with E-state index in [9.17, 15) is 4.79 Å². The molecule has 6 nitrogen and oxygen atoms in total. The Hall–Kier alpha value is -2.08. The Labute approximate surface area is 111 Å². The molecule has 102 valence electrons. The fourth-order valence-electron chi connectivity index (χ4n) is 1.76. The van der Waals surface area contributed by atoms with E-state index in [1.165, 1.54) is 6.20 Å². The topological polar surface area (TPSA) is 74.2 Å². The number of hydrogen-bond donors (Lipinski definition) is 2. The summed E-state index contributed by atoms with van der Waals surface area (Å²) in [6.45, 7) is 6.81. The molecule has 0 spiro atoms. The molecule has 6 heteroatoms. The van der Waals surface area contributed by atoms with E-state index >= 15 is 0 Å². The Balaban J connectivity index is 1.98. The van der Waals surface area contributed by atoms with Gasteiger partial charge in [-0.2, -0.15) is 5.10 Å². The van der Waals surface area contributed by atoms with Gasteiger partial charge in [0.15, 0.2) is 5.76 Å². The number of aromatic amines is 1. The Morgan fingerprint density at radius 3 is 2.84 bits per heavy atom. The first kappa shape index (κ1) is 13.4. The van der Waals surface area contributed by atoms with Crippen molar-refractivity contribution in [3.05, 3.63) is 36.0 Å². The highest BCUT2D eigenvalue weighted by Crippen LogP contribution is 2.12. The van der Waals surface area contributed by atoms with E-state index in [1.54, 1.807) is 12.3 Å². The highest BCUT2D eigenvalue weighted by Gasteiger charge is 2.13. The van der Waals surface area contributed by atoms with Crippen molar-refractivity contribution in [3.8, 4) is 0 Å². The van der Waals surface area contributed by atoms with Crippen molar-refractivity contribution >= 4 is 11.6 Å². The molecule has 1 amide bonds. The Bertz CT molecular complexity index is 514. The normalized spacial score (nSPS) is 10.9. The number of amides is 1. The summed E-state index contributed by atoms with van der Waals surface area (Å²) in [5.74, 6) is 0.830. The van der Waals surface area contributed by atoms with Gasteiger partial charge in [-0.3, -0.25) is 14.8 Å². The van der Waals surface area contributed by atoms with Gasteiger partial charge in [-0.05, 0) is 25.2 Å². The zero-order valence-electron chi connectivity index (χ0n) is 11.1. The van der Waals surface area contributed by atoms with E-state index in [4.69, 9.17) is 4.42 Å². The number of carbonyl (C=O) groups is 1. The van der Waals surface area contributed by atoms with E-state index < -0.39 is 0 Å². The zero-order valence-corrected chi connectivity index (χ0v) is 11.1. The number of hydrogen-bond acceptors (Lipinski definition) is 4. The van der Waals surface area contributed by atoms with E-state index in [1.807, 2.05) is 6.07 Å². The molecule has 2 rings (SSSR count). The third kappa shape index (κ3) is 3.45. The monoisotopic (exact) mass is 262 g/mol. The van der Waals surface area contributed by atoms with Gasteiger partial charge in [0.05, 0.1) is 18.4 Å². The lowest BCUT2D eigenvalue weighted by Gasteiger charge is -2.15. The molecule has 0 aliphatic heterocycles. The smallest absolute Gasteiger partial charge is 0.291 e. The standard InChI is InChI=1S/C13H18N4O2/c1-3-17(4-2)9-11-5-6-12(19-11)13(18)16-10-7-14-15-8-10/h5-8H,3-4,9H2,1-2H3,(H,14,15)(H,16,18). The molecule has 0 radical (unpaired) electrons.